The average Bonchev–Trinajstić information content (AvgIpc) is 2.15. The van der Waals surface area contributed by atoms with Gasteiger partial charge in [0.15, 0.2) is 0 Å². The van der Waals surface area contributed by atoms with E-state index in [1.54, 1.807) is 12.3 Å². The fourth-order valence-electron chi connectivity index (χ4n) is 0.960. The van der Waals surface area contributed by atoms with Crippen molar-refractivity contribution in [1.82, 2.24) is 4.98 Å². The number of hydrogen-bond acceptors (Lipinski definition) is 3. The molecule has 0 saturated carbocycles. The van der Waals surface area contributed by atoms with Crippen LogP contribution in [-0.4, -0.2) is 11.6 Å². The van der Waals surface area contributed by atoms with Crippen molar-refractivity contribution in [1.29, 1.82) is 0 Å². The maximum atomic E-state index is 5.70. The maximum Gasteiger partial charge on any atom is 0.237 e. The van der Waals surface area contributed by atoms with E-state index in [4.69, 9.17) is 10.5 Å². The lowest BCUT2D eigenvalue weighted by atomic mass is 10.3. The monoisotopic (exact) mass is 256 g/mol. The Morgan fingerprint density at radius 2 is 2.43 bits per heavy atom. The normalized spacial score (nSPS) is 9.79. The molecule has 1 heterocycles. The summed E-state index contributed by atoms with van der Waals surface area (Å²) < 4.78 is 6.24. The van der Waals surface area contributed by atoms with Crippen LogP contribution in [0, 0.1) is 0 Å². The number of anilines is 1. The van der Waals surface area contributed by atoms with Crippen LogP contribution >= 0.6 is 15.9 Å². The Balaban J connectivity index is 2.46. The second-order valence-corrected chi connectivity index (χ2v) is 3.74. The third-order valence-corrected chi connectivity index (χ3v) is 2.07. The number of nitrogens with zero attached hydrogens (tertiary/aromatic N) is 1. The van der Waals surface area contributed by atoms with Crippen LogP contribution < -0.4 is 10.5 Å². The first-order valence-electron chi connectivity index (χ1n) is 4.38. The van der Waals surface area contributed by atoms with Gasteiger partial charge in [0.1, 0.15) is 0 Å². The Morgan fingerprint density at radius 3 is 3.07 bits per heavy atom. The molecule has 14 heavy (non-hydrogen) atoms. The van der Waals surface area contributed by atoms with E-state index in [0.29, 0.717) is 18.2 Å². The molecular weight excluding hydrogens is 244 g/mol. The maximum absolute atomic E-state index is 5.70. The molecule has 1 aromatic heterocycles. The van der Waals surface area contributed by atoms with Gasteiger partial charge in [0.25, 0.3) is 0 Å². The molecule has 0 unspecified atom stereocenters. The first kappa shape index (κ1) is 11.0. The third-order valence-electron chi connectivity index (χ3n) is 1.64. The molecule has 0 radical (unpaired) electrons. The molecule has 0 saturated heterocycles. The Bertz CT molecular complexity index is 315. The molecule has 0 aliphatic carbocycles. The van der Waals surface area contributed by atoms with E-state index in [1.165, 1.54) is 0 Å². The van der Waals surface area contributed by atoms with Crippen molar-refractivity contribution < 1.29 is 4.74 Å². The number of aromatic nitrogens is 1. The van der Waals surface area contributed by atoms with Crippen molar-refractivity contribution in [3.05, 3.63) is 29.4 Å². The second-order valence-electron chi connectivity index (χ2n) is 2.83. The van der Waals surface area contributed by atoms with Crippen LogP contribution in [0.25, 0.3) is 0 Å². The second kappa shape index (κ2) is 5.65. The minimum absolute atomic E-state index is 0.497. The van der Waals surface area contributed by atoms with Crippen molar-refractivity contribution in [2.45, 2.75) is 12.8 Å². The topological polar surface area (TPSA) is 48.1 Å². The van der Waals surface area contributed by atoms with E-state index in [2.05, 4.69) is 27.5 Å². The third kappa shape index (κ3) is 3.38. The number of hydrogen-bond donors (Lipinski definition) is 1. The number of ether oxygens (including phenoxy) is 1. The van der Waals surface area contributed by atoms with Crippen LogP contribution in [0.5, 0.6) is 5.88 Å². The summed E-state index contributed by atoms with van der Waals surface area (Å²) in [5, 5.41) is 0. The van der Waals surface area contributed by atoms with E-state index in [1.807, 2.05) is 6.08 Å². The first-order chi connectivity index (χ1) is 6.74. The van der Waals surface area contributed by atoms with Crippen molar-refractivity contribution in [2.24, 2.45) is 0 Å². The molecule has 0 fully saturated rings. The Labute approximate surface area is 92.1 Å². The fraction of sp³-hybridized carbons (Fsp3) is 0.300. The van der Waals surface area contributed by atoms with Crippen LogP contribution in [0.4, 0.5) is 5.69 Å². The molecule has 0 bridgehead atoms. The molecule has 1 rings (SSSR count). The summed E-state index contributed by atoms with van der Waals surface area (Å²) in [6.07, 6.45) is 5.40. The van der Waals surface area contributed by atoms with Gasteiger partial charge in [-0.3, -0.25) is 0 Å². The van der Waals surface area contributed by atoms with E-state index >= 15 is 0 Å². The summed E-state index contributed by atoms with van der Waals surface area (Å²) in [5.74, 6) is 0.497. The Hall–Kier alpha value is -1.03. The smallest absolute Gasteiger partial charge is 0.237 e. The van der Waals surface area contributed by atoms with Crippen LogP contribution in [0.15, 0.2) is 29.4 Å². The minimum atomic E-state index is 0.497. The van der Waals surface area contributed by atoms with Gasteiger partial charge in [-0.1, -0.05) is 6.08 Å². The summed E-state index contributed by atoms with van der Waals surface area (Å²) in [5.41, 5.74) is 6.25. The van der Waals surface area contributed by atoms with Gasteiger partial charge >= 0.3 is 0 Å². The highest BCUT2D eigenvalue weighted by Gasteiger charge is 2.01. The van der Waals surface area contributed by atoms with Gasteiger partial charge in [-0.05, 0) is 34.8 Å². The number of halogens is 1. The lowest BCUT2D eigenvalue weighted by molar-refractivity contribution is 0.302. The lowest BCUT2D eigenvalue weighted by Crippen LogP contribution is -2.01. The summed E-state index contributed by atoms with van der Waals surface area (Å²) in [4.78, 5) is 4.06. The predicted molar refractivity (Wildman–Crippen MR) is 61.3 cm³/mol. The van der Waals surface area contributed by atoms with Gasteiger partial charge in [0.05, 0.1) is 12.3 Å². The van der Waals surface area contributed by atoms with Gasteiger partial charge in [0.2, 0.25) is 5.88 Å². The Kier molecular flexibility index (Phi) is 4.46. The number of nitrogen functional groups attached to an aromatic ring is 1. The average molecular weight is 257 g/mol. The van der Waals surface area contributed by atoms with Gasteiger partial charge in [0, 0.05) is 10.7 Å². The molecule has 0 amide bonds. The lowest BCUT2D eigenvalue weighted by Gasteiger charge is -2.06. The Morgan fingerprint density at radius 1 is 1.64 bits per heavy atom. The van der Waals surface area contributed by atoms with Crippen LogP contribution in [0.2, 0.25) is 0 Å². The van der Waals surface area contributed by atoms with Crippen molar-refractivity contribution in [3.8, 4) is 5.88 Å². The van der Waals surface area contributed by atoms with Gasteiger partial charge < -0.3 is 10.5 Å². The summed E-state index contributed by atoms with van der Waals surface area (Å²) in [6, 6.07) is 1.77. The molecule has 1 aromatic rings. The number of allylic oxidation sites excluding steroid dienone is 1. The zero-order valence-electron chi connectivity index (χ0n) is 7.87. The van der Waals surface area contributed by atoms with Gasteiger partial charge in [-0.2, -0.15) is 0 Å². The predicted octanol–water partition coefficient (Wildman–Crippen LogP) is 2.77. The molecular formula is C10H13BrN2O. The molecule has 0 aromatic carbocycles. The first-order valence-corrected chi connectivity index (χ1v) is 5.18. The van der Waals surface area contributed by atoms with Crippen molar-refractivity contribution in [2.75, 3.05) is 12.3 Å². The van der Waals surface area contributed by atoms with Crippen molar-refractivity contribution >= 4 is 21.6 Å². The van der Waals surface area contributed by atoms with E-state index < -0.39 is 0 Å². The highest BCUT2D eigenvalue weighted by Crippen LogP contribution is 2.21. The molecule has 0 aliphatic rings. The van der Waals surface area contributed by atoms with E-state index in [9.17, 15) is 0 Å². The quantitative estimate of drug-likeness (QED) is 0.651. The summed E-state index contributed by atoms with van der Waals surface area (Å²) in [6.45, 7) is 4.25. The molecule has 3 nitrogen and oxygen atoms in total. The molecule has 0 atom stereocenters. The van der Waals surface area contributed by atoms with Gasteiger partial charge in [-0.25, -0.2) is 4.98 Å². The summed E-state index contributed by atoms with van der Waals surface area (Å²) in [7, 11) is 0. The summed E-state index contributed by atoms with van der Waals surface area (Å²) >= 11 is 3.28. The number of nitrogens with two attached hydrogens (primary N) is 1. The number of unbranched alkanes of at least 4 members (excludes halogenated alkanes) is 1. The number of pyridine rings is 1. The highest BCUT2D eigenvalue weighted by molar-refractivity contribution is 9.10. The molecule has 76 valence electrons. The zero-order chi connectivity index (χ0) is 10.4. The number of rotatable bonds is 5. The largest absolute Gasteiger partial charge is 0.476 e. The fourth-order valence-corrected chi connectivity index (χ4v) is 1.31. The van der Waals surface area contributed by atoms with E-state index in [0.717, 1.165) is 17.3 Å². The molecule has 0 spiro atoms. The van der Waals surface area contributed by atoms with Gasteiger partial charge in [-0.15, -0.1) is 6.58 Å². The standard InChI is InChI=1S/C10H13BrN2O/c1-2-3-4-5-14-10-9(12)6-8(11)7-13-10/h2,6-7H,1,3-5,12H2. The highest BCUT2D eigenvalue weighted by atomic mass is 79.9. The molecule has 2 N–H and O–H groups in total. The van der Waals surface area contributed by atoms with Crippen molar-refractivity contribution in [3.63, 3.8) is 0 Å². The zero-order valence-corrected chi connectivity index (χ0v) is 9.46. The molecule has 0 aliphatic heterocycles. The van der Waals surface area contributed by atoms with Crippen LogP contribution in [-0.2, 0) is 0 Å². The van der Waals surface area contributed by atoms with Crippen LogP contribution in [0.3, 0.4) is 0 Å². The SMILES string of the molecule is C=CCCCOc1ncc(Br)cc1N. The van der Waals surface area contributed by atoms with Crippen LogP contribution in [0.1, 0.15) is 12.8 Å². The minimum Gasteiger partial charge on any atom is -0.476 e. The van der Waals surface area contributed by atoms with E-state index in [-0.39, 0.29) is 0 Å². The molecule has 4 heteroatoms.